The van der Waals surface area contributed by atoms with Gasteiger partial charge in [-0.2, -0.15) is 0 Å². The zero-order valence-corrected chi connectivity index (χ0v) is 15.8. The first-order chi connectivity index (χ1) is 12.2. The Kier molecular flexibility index (Phi) is 9.60. The molecule has 0 atom stereocenters. The van der Waals surface area contributed by atoms with Crippen LogP contribution in [0, 0.1) is 0 Å². The van der Waals surface area contributed by atoms with Crippen molar-refractivity contribution in [1.29, 1.82) is 0 Å². The highest BCUT2D eigenvalue weighted by atomic mass is 32.1. The van der Waals surface area contributed by atoms with Crippen LogP contribution >= 0.6 is 11.3 Å². The van der Waals surface area contributed by atoms with Gasteiger partial charge in [-0.1, -0.05) is 6.42 Å². The van der Waals surface area contributed by atoms with Crippen LogP contribution < -0.4 is 5.32 Å². The van der Waals surface area contributed by atoms with Gasteiger partial charge in [0.25, 0.3) is 0 Å². The fourth-order valence-electron chi connectivity index (χ4n) is 3.10. The molecule has 0 aromatic carbocycles. The Bertz CT molecular complexity index is 498. The van der Waals surface area contributed by atoms with Gasteiger partial charge in [0.05, 0.1) is 24.6 Å². The first kappa shape index (κ1) is 20.5. The van der Waals surface area contributed by atoms with Crippen molar-refractivity contribution < 1.29 is 15.0 Å². The third kappa shape index (κ3) is 7.52. The summed E-state index contributed by atoms with van der Waals surface area (Å²) in [6.07, 6.45) is 3.93. The number of piperidine rings is 1. The van der Waals surface area contributed by atoms with E-state index >= 15 is 0 Å². The van der Waals surface area contributed by atoms with Crippen molar-refractivity contribution in [2.75, 3.05) is 59.0 Å². The number of aliphatic hydroxyl groups is 2. The van der Waals surface area contributed by atoms with Gasteiger partial charge in [0.2, 0.25) is 0 Å². The van der Waals surface area contributed by atoms with Gasteiger partial charge in [0.15, 0.2) is 5.78 Å². The Balaban J connectivity index is 1.69. The third-order valence-corrected chi connectivity index (χ3v) is 5.60. The van der Waals surface area contributed by atoms with E-state index in [9.17, 15) is 4.79 Å². The predicted octanol–water partition coefficient (Wildman–Crippen LogP) is 0.793. The molecule has 1 saturated heterocycles. The lowest BCUT2D eigenvalue weighted by Gasteiger charge is -2.26. The first-order valence-corrected chi connectivity index (χ1v) is 10.0. The van der Waals surface area contributed by atoms with Crippen LogP contribution in [0.15, 0.2) is 12.1 Å². The Morgan fingerprint density at radius 2 is 1.88 bits per heavy atom. The number of aliphatic hydroxyl groups excluding tert-OH is 2. The number of Topliss-reactive ketones (excluding diaryl/α,β-unsaturated/α-hetero) is 1. The standard InChI is InChI=1S/C18H31N3O3S/c22-12-10-21(11-13-23)15-16-4-5-18(25-16)17(24)14-19-6-9-20-7-2-1-3-8-20/h4-5,19,22-23H,1-3,6-15H2. The van der Waals surface area contributed by atoms with Gasteiger partial charge < -0.3 is 20.4 Å². The summed E-state index contributed by atoms with van der Waals surface area (Å²) in [5.41, 5.74) is 0. The minimum atomic E-state index is 0.0676. The summed E-state index contributed by atoms with van der Waals surface area (Å²) in [5, 5.41) is 21.4. The zero-order valence-electron chi connectivity index (χ0n) is 15.0. The maximum absolute atomic E-state index is 12.3. The first-order valence-electron chi connectivity index (χ1n) is 9.22. The molecule has 1 aromatic heterocycles. The quantitative estimate of drug-likeness (QED) is 0.374. The van der Waals surface area contributed by atoms with Gasteiger partial charge in [-0.3, -0.25) is 9.69 Å². The number of ketones is 1. The predicted molar refractivity (Wildman–Crippen MR) is 101 cm³/mol. The van der Waals surface area contributed by atoms with Crippen molar-refractivity contribution in [2.45, 2.75) is 25.8 Å². The average molecular weight is 370 g/mol. The number of carbonyl (C=O) groups excluding carboxylic acids is 1. The van der Waals surface area contributed by atoms with Crippen molar-refractivity contribution in [3.63, 3.8) is 0 Å². The summed E-state index contributed by atoms with van der Waals surface area (Å²) < 4.78 is 0. The van der Waals surface area contributed by atoms with E-state index in [1.807, 2.05) is 17.0 Å². The summed E-state index contributed by atoms with van der Waals surface area (Å²) in [7, 11) is 0. The summed E-state index contributed by atoms with van der Waals surface area (Å²) in [4.78, 5) is 18.6. The lowest BCUT2D eigenvalue weighted by Crippen LogP contribution is -2.37. The van der Waals surface area contributed by atoms with Gasteiger partial charge in [-0.15, -0.1) is 11.3 Å². The second-order valence-electron chi connectivity index (χ2n) is 6.49. The topological polar surface area (TPSA) is 76.0 Å². The highest BCUT2D eigenvalue weighted by Crippen LogP contribution is 2.18. The van der Waals surface area contributed by atoms with Crippen molar-refractivity contribution in [1.82, 2.24) is 15.1 Å². The van der Waals surface area contributed by atoms with Crippen LogP contribution in [0.5, 0.6) is 0 Å². The van der Waals surface area contributed by atoms with E-state index in [0.29, 0.717) is 26.2 Å². The molecule has 2 heterocycles. The van der Waals surface area contributed by atoms with Gasteiger partial charge in [-0.05, 0) is 38.1 Å². The van der Waals surface area contributed by atoms with Crippen LogP contribution in [0.2, 0.25) is 0 Å². The fraction of sp³-hybridized carbons (Fsp3) is 0.722. The number of hydrogen-bond acceptors (Lipinski definition) is 7. The zero-order chi connectivity index (χ0) is 17.9. The molecule has 1 aliphatic rings. The van der Waals surface area contributed by atoms with E-state index in [1.165, 1.54) is 43.7 Å². The average Bonchev–Trinajstić information content (AvgIpc) is 3.08. The molecule has 0 unspecified atom stereocenters. The normalized spacial score (nSPS) is 15.8. The van der Waals surface area contributed by atoms with E-state index in [1.54, 1.807) is 0 Å². The Morgan fingerprint density at radius 3 is 2.56 bits per heavy atom. The van der Waals surface area contributed by atoms with Gasteiger partial charge in [0.1, 0.15) is 0 Å². The molecule has 142 valence electrons. The number of likely N-dealkylation sites (tertiary alicyclic amines) is 1. The molecule has 1 aromatic rings. The maximum atomic E-state index is 12.3. The maximum Gasteiger partial charge on any atom is 0.186 e. The molecule has 0 bridgehead atoms. The molecule has 1 fully saturated rings. The Hall–Kier alpha value is -0.830. The van der Waals surface area contributed by atoms with Crippen molar-refractivity contribution in [3.8, 4) is 0 Å². The molecular formula is C18H31N3O3S. The van der Waals surface area contributed by atoms with E-state index < -0.39 is 0 Å². The van der Waals surface area contributed by atoms with Crippen LogP contribution in [0.4, 0.5) is 0 Å². The van der Waals surface area contributed by atoms with Crippen LogP contribution in [0.1, 0.15) is 33.8 Å². The highest BCUT2D eigenvalue weighted by molar-refractivity contribution is 7.14. The molecule has 25 heavy (non-hydrogen) atoms. The number of thiophene rings is 1. The molecule has 2 rings (SSSR count). The molecule has 7 heteroatoms. The monoisotopic (exact) mass is 369 g/mol. The van der Waals surface area contributed by atoms with Crippen LogP contribution in [-0.2, 0) is 6.54 Å². The summed E-state index contributed by atoms with van der Waals surface area (Å²) in [6, 6.07) is 3.85. The summed E-state index contributed by atoms with van der Waals surface area (Å²) in [5.74, 6) is 0.130. The number of rotatable bonds is 12. The SMILES string of the molecule is O=C(CNCCN1CCCCC1)c1ccc(CN(CCO)CCO)s1. The summed E-state index contributed by atoms with van der Waals surface area (Å²) in [6.45, 7) is 6.46. The lowest BCUT2D eigenvalue weighted by atomic mass is 10.1. The Morgan fingerprint density at radius 1 is 1.16 bits per heavy atom. The van der Waals surface area contributed by atoms with Crippen molar-refractivity contribution in [2.24, 2.45) is 0 Å². The minimum Gasteiger partial charge on any atom is -0.395 e. The molecule has 0 spiro atoms. The molecular weight excluding hydrogens is 338 g/mol. The number of carbonyl (C=O) groups is 1. The van der Waals surface area contributed by atoms with Gasteiger partial charge in [-0.25, -0.2) is 0 Å². The molecule has 0 saturated carbocycles. The largest absolute Gasteiger partial charge is 0.395 e. The summed E-state index contributed by atoms with van der Waals surface area (Å²) >= 11 is 1.50. The van der Waals surface area contributed by atoms with Gasteiger partial charge in [0, 0.05) is 37.6 Å². The lowest BCUT2D eigenvalue weighted by molar-refractivity contribution is 0.0993. The number of nitrogens with one attached hydrogen (secondary N) is 1. The Labute approximate surface area is 154 Å². The van der Waals surface area contributed by atoms with Crippen molar-refractivity contribution in [3.05, 3.63) is 21.9 Å². The number of hydrogen-bond donors (Lipinski definition) is 3. The minimum absolute atomic E-state index is 0.0676. The second-order valence-corrected chi connectivity index (χ2v) is 7.66. The molecule has 0 aliphatic carbocycles. The number of nitrogens with zero attached hydrogens (tertiary/aromatic N) is 2. The smallest absolute Gasteiger partial charge is 0.186 e. The molecule has 6 nitrogen and oxygen atoms in total. The van der Waals surface area contributed by atoms with Crippen LogP contribution in [0.25, 0.3) is 0 Å². The second kappa shape index (κ2) is 11.7. The molecule has 3 N–H and O–H groups in total. The molecule has 0 radical (unpaired) electrons. The van der Waals surface area contributed by atoms with E-state index in [-0.39, 0.29) is 19.0 Å². The van der Waals surface area contributed by atoms with E-state index in [4.69, 9.17) is 10.2 Å². The third-order valence-electron chi connectivity index (χ3n) is 4.49. The van der Waals surface area contributed by atoms with Crippen LogP contribution in [0.3, 0.4) is 0 Å². The fourth-order valence-corrected chi connectivity index (χ4v) is 4.08. The van der Waals surface area contributed by atoms with Crippen LogP contribution in [-0.4, -0.2) is 84.8 Å². The van der Waals surface area contributed by atoms with E-state index in [2.05, 4.69) is 10.2 Å². The molecule has 1 aliphatic heterocycles. The van der Waals surface area contributed by atoms with Crippen molar-refractivity contribution >= 4 is 17.1 Å². The van der Waals surface area contributed by atoms with E-state index in [0.717, 1.165) is 22.8 Å². The van der Waals surface area contributed by atoms with Gasteiger partial charge >= 0.3 is 0 Å². The highest BCUT2D eigenvalue weighted by Gasteiger charge is 2.13. The molecule has 0 amide bonds.